The van der Waals surface area contributed by atoms with Crippen LogP contribution in [0.15, 0.2) is 35.0 Å². The Labute approximate surface area is 132 Å². The molecule has 0 aliphatic rings. The highest BCUT2D eigenvalue weighted by Gasteiger charge is 2.23. The molecule has 0 bridgehead atoms. The van der Waals surface area contributed by atoms with Crippen molar-refractivity contribution in [1.29, 1.82) is 5.26 Å². The first kappa shape index (κ1) is 14.9. The minimum Gasteiger partial charge on any atom is -0.349 e. The van der Waals surface area contributed by atoms with E-state index in [1.807, 2.05) is 6.07 Å². The number of nitro groups is 2. The summed E-state index contributed by atoms with van der Waals surface area (Å²) < 4.78 is 4.49. The number of non-ortho nitro benzene ring substituents is 1. The molecule has 1 aromatic heterocycles. The van der Waals surface area contributed by atoms with Crippen LogP contribution < -0.4 is 5.32 Å². The molecule has 0 radical (unpaired) electrons. The fourth-order valence-electron chi connectivity index (χ4n) is 2.12. The number of rotatable bonds is 4. The van der Waals surface area contributed by atoms with Crippen LogP contribution in [0.1, 0.15) is 5.56 Å². The number of hydrogen-bond acceptors (Lipinski definition) is 9. The van der Waals surface area contributed by atoms with Crippen LogP contribution >= 0.6 is 0 Å². The van der Waals surface area contributed by atoms with Crippen molar-refractivity contribution in [2.24, 2.45) is 0 Å². The third-order valence-corrected chi connectivity index (χ3v) is 3.19. The zero-order valence-corrected chi connectivity index (χ0v) is 11.7. The van der Waals surface area contributed by atoms with Crippen molar-refractivity contribution >= 4 is 33.8 Å². The first-order valence-corrected chi connectivity index (χ1v) is 6.36. The van der Waals surface area contributed by atoms with Gasteiger partial charge in [-0.3, -0.25) is 20.2 Å². The van der Waals surface area contributed by atoms with E-state index >= 15 is 0 Å². The van der Waals surface area contributed by atoms with E-state index in [9.17, 15) is 20.2 Å². The standard InChI is InChI=1S/C13H6N6O5/c14-6-7-5-8(18(20)21)1-2-9(7)15-11-4-3-10-12(17-24-16-10)13(11)19(22)23/h1-5,15H. The Morgan fingerprint density at radius 3 is 2.50 bits per heavy atom. The molecule has 3 aromatic rings. The van der Waals surface area contributed by atoms with E-state index < -0.39 is 9.85 Å². The van der Waals surface area contributed by atoms with Gasteiger partial charge >= 0.3 is 5.69 Å². The van der Waals surface area contributed by atoms with E-state index in [1.54, 1.807) is 0 Å². The van der Waals surface area contributed by atoms with Gasteiger partial charge in [0.15, 0.2) is 0 Å². The van der Waals surface area contributed by atoms with Crippen LogP contribution in [0, 0.1) is 31.6 Å². The molecule has 11 heteroatoms. The van der Waals surface area contributed by atoms with Crippen LogP contribution in [0.25, 0.3) is 11.0 Å². The SMILES string of the molecule is N#Cc1cc([N+](=O)[O-])ccc1Nc1ccc2nonc2c1[N+](=O)[O-]. The number of benzene rings is 2. The second kappa shape index (κ2) is 5.61. The van der Waals surface area contributed by atoms with Crippen molar-refractivity contribution in [3.8, 4) is 6.07 Å². The lowest BCUT2D eigenvalue weighted by molar-refractivity contribution is -0.384. The number of hydrogen-bond donors (Lipinski definition) is 1. The Morgan fingerprint density at radius 2 is 1.83 bits per heavy atom. The van der Waals surface area contributed by atoms with Crippen molar-refractivity contribution in [2.75, 3.05) is 5.32 Å². The average molecular weight is 326 g/mol. The molecule has 118 valence electrons. The third-order valence-electron chi connectivity index (χ3n) is 3.19. The number of nitro benzene ring substituents is 2. The summed E-state index contributed by atoms with van der Waals surface area (Å²) in [5, 5.41) is 41.0. The van der Waals surface area contributed by atoms with Gasteiger partial charge in [-0.15, -0.1) is 0 Å². The first-order chi connectivity index (χ1) is 11.5. The summed E-state index contributed by atoms with van der Waals surface area (Å²) in [6, 6.07) is 8.20. The molecule has 0 spiro atoms. The van der Waals surface area contributed by atoms with Crippen LogP contribution in [0.3, 0.4) is 0 Å². The largest absolute Gasteiger partial charge is 0.349 e. The minimum atomic E-state index is -0.660. The molecule has 0 aliphatic heterocycles. The van der Waals surface area contributed by atoms with E-state index in [2.05, 4.69) is 20.3 Å². The van der Waals surface area contributed by atoms with Gasteiger partial charge in [0.1, 0.15) is 17.3 Å². The van der Waals surface area contributed by atoms with Crippen LogP contribution in [0.2, 0.25) is 0 Å². The van der Waals surface area contributed by atoms with Gasteiger partial charge in [-0.25, -0.2) is 4.63 Å². The number of fused-ring (bicyclic) bond motifs is 1. The topological polar surface area (TPSA) is 161 Å². The number of nitriles is 1. The number of aromatic nitrogens is 2. The maximum Gasteiger partial charge on any atom is 0.323 e. The maximum absolute atomic E-state index is 11.3. The predicted molar refractivity (Wildman–Crippen MR) is 79.6 cm³/mol. The summed E-state index contributed by atoms with van der Waals surface area (Å²) in [7, 11) is 0. The van der Waals surface area contributed by atoms with Crippen LogP contribution in [0.4, 0.5) is 22.7 Å². The third kappa shape index (κ3) is 2.44. The molecule has 11 nitrogen and oxygen atoms in total. The van der Waals surface area contributed by atoms with Crippen molar-refractivity contribution < 1.29 is 14.5 Å². The Morgan fingerprint density at radius 1 is 1.08 bits per heavy atom. The molecule has 3 rings (SSSR count). The lowest BCUT2D eigenvalue weighted by Crippen LogP contribution is -2.00. The first-order valence-electron chi connectivity index (χ1n) is 6.36. The Bertz CT molecular complexity index is 1020. The molecule has 1 N–H and O–H groups in total. The fourth-order valence-corrected chi connectivity index (χ4v) is 2.12. The monoisotopic (exact) mass is 326 g/mol. The zero-order chi connectivity index (χ0) is 17.3. The number of nitrogens with zero attached hydrogens (tertiary/aromatic N) is 5. The van der Waals surface area contributed by atoms with Gasteiger partial charge in [0.05, 0.1) is 21.1 Å². The fraction of sp³-hybridized carbons (Fsp3) is 0. The molecular formula is C13H6N6O5. The second-order valence-electron chi connectivity index (χ2n) is 4.57. The van der Waals surface area contributed by atoms with E-state index in [1.165, 1.54) is 24.3 Å². The Hall–Kier alpha value is -4.07. The summed E-state index contributed by atoms with van der Waals surface area (Å²) in [5.41, 5.74) is -0.284. The summed E-state index contributed by atoms with van der Waals surface area (Å²) in [6.45, 7) is 0. The highest BCUT2D eigenvalue weighted by Crippen LogP contribution is 2.34. The van der Waals surface area contributed by atoms with E-state index in [0.717, 1.165) is 6.07 Å². The molecule has 0 saturated heterocycles. The lowest BCUT2D eigenvalue weighted by Gasteiger charge is -2.08. The smallest absolute Gasteiger partial charge is 0.323 e. The average Bonchev–Trinajstić information content (AvgIpc) is 3.02. The second-order valence-corrected chi connectivity index (χ2v) is 4.57. The van der Waals surface area contributed by atoms with Gasteiger partial charge in [-0.2, -0.15) is 5.26 Å². The van der Waals surface area contributed by atoms with Crippen LogP contribution in [0.5, 0.6) is 0 Å². The number of anilines is 2. The van der Waals surface area contributed by atoms with Crippen molar-refractivity contribution in [3.63, 3.8) is 0 Å². The molecular weight excluding hydrogens is 320 g/mol. The molecule has 0 saturated carbocycles. The summed E-state index contributed by atoms with van der Waals surface area (Å²) in [5.74, 6) is 0. The molecule has 24 heavy (non-hydrogen) atoms. The summed E-state index contributed by atoms with van der Waals surface area (Å²) in [4.78, 5) is 20.8. The van der Waals surface area contributed by atoms with Gasteiger partial charge in [0.25, 0.3) is 5.69 Å². The molecule has 0 amide bonds. The normalized spacial score (nSPS) is 10.3. The lowest BCUT2D eigenvalue weighted by atomic mass is 10.1. The zero-order valence-electron chi connectivity index (χ0n) is 11.7. The van der Waals surface area contributed by atoms with Gasteiger partial charge in [0, 0.05) is 12.1 Å². The minimum absolute atomic E-state index is 0.0307. The van der Waals surface area contributed by atoms with Crippen LogP contribution in [-0.2, 0) is 0 Å². The van der Waals surface area contributed by atoms with E-state index in [0.29, 0.717) is 0 Å². The van der Waals surface area contributed by atoms with Crippen LogP contribution in [-0.4, -0.2) is 20.2 Å². The van der Waals surface area contributed by atoms with Crippen molar-refractivity contribution in [3.05, 3.63) is 56.1 Å². The van der Waals surface area contributed by atoms with E-state index in [4.69, 9.17) is 5.26 Å². The highest BCUT2D eigenvalue weighted by atomic mass is 16.6. The Kier molecular flexibility index (Phi) is 3.47. The van der Waals surface area contributed by atoms with Crippen molar-refractivity contribution in [2.45, 2.75) is 0 Å². The Balaban J connectivity index is 2.10. The van der Waals surface area contributed by atoms with Gasteiger partial charge in [-0.1, -0.05) is 0 Å². The van der Waals surface area contributed by atoms with Gasteiger partial charge < -0.3 is 5.32 Å². The molecule has 2 aromatic carbocycles. The summed E-state index contributed by atoms with van der Waals surface area (Å²) in [6.07, 6.45) is 0. The molecule has 0 unspecified atom stereocenters. The van der Waals surface area contributed by atoms with Gasteiger partial charge in [-0.05, 0) is 28.5 Å². The number of nitrogens with one attached hydrogen (secondary N) is 1. The molecule has 0 fully saturated rings. The van der Waals surface area contributed by atoms with E-state index in [-0.39, 0.29) is 39.3 Å². The maximum atomic E-state index is 11.3. The molecule has 0 atom stereocenters. The predicted octanol–water partition coefficient (Wildman–Crippen LogP) is 2.65. The van der Waals surface area contributed by atoms with Crippen molar-refractivity contribution in [1.82, 2.24) is 10.3 Å². The summed E-state index contributed by atoms with van der Waals surface area (Å²) >= 11 is 0. The quantitative estimate of drug-likeness (QED) is 0.561. The molecule has 1 heterocycles. The molecule has 0 aliphatic carbocycles. The van der Waals surface area contributed by atoms with Gasteiger partial charge in [0.2, 0.25) is 5.52 Å². The highest BCUT2D eigenvalue weighted by molar-refractivity contribution is 5.92.